The molecule has 3 rings (SSSR count). The van der Waals surface area contributed by atoms with E-state index in [0.29, 0.717) is 22.1 Å². The van der Waals surface area contributed by atoms with Crippen LogP contribution in [-0.2, 0) is 6.42 Å². The lowest BCUT2D eigenvalue weighted by Gasteiger charge is -2.29. The lowest BCUT2D eigenvalue weighted by molar-refractivity contribution is 0.354. The van der Waals surface area contributed by atoms with Crippen LogP contribution in [0.3, 0.4) is 0 Å². The molecule has 23 heavy (non-hydrogen) atoms. The Labute approximate surface area is 141 Å². The largest absolute Gasteiger partial charge is 0.493 e. The molecular weight excluding hydrogens is 312 g/mol. The predicted molar refractivity (Wildman–Crippen MR) is 90.6 cm³/mol. The molecule has 0 fully saturated rings. The van der Waals surface area contributed by atoms with Crippen LogP contribution in [0, 0.1) is 25.2 Å². The monoisotopic (exact) mass is 330 g/mol. The summed E-state index contributed by atoms with van der Waals surface area (Å²) in [6.07, 6.45) is 0.793. The molecule has 2 heterocycles. The highest BCUT2D eigenvalue weighted by Gasteiger charge is 2.32. The fraction of sp³-hybridized carbons (Fsp3) is 0.389. The molecule has 1 aromatic carbocycles. The molecule has 1 aromatic heterocycles. The standard InChI is InChI=1S/C18H19ClN2O2/c1-9-6-12-13(7-15(22-4)18(23-5)16(12)19)17-14(8-20)10(2)11(3)21(9)17/h7,9H,6H2,1-5H3. The summed E-state index contributed by atoms with van der Waals surface area (Å²) in [5.41, 5.74) is 5.75. The van der Waals surface area contributed by atoms with Crippen molar-refractivity contribution in [2.75, 3.05) is 14.2 Å². The van der Waals surface area contributed by atoms with Gasteiger partial charge in [-0.25, -0.2) is 0 Å². The molecule has 0 spiro atoms. The summed E-state index contributed by atoms with van der Waals surface area (Å²) in [5.74, 6) is 1.13. The average Bonchev–Trinajstić information content (AvgIpc) is 2.80. The zero-order valence-electron chi connectivity index (χ0n) is 14.0. The van der Waals surface area contributed by atoms with Crippen LogP contribution in [-0.4, -0.2) is 18.8 Å². The Morgan fingerprint density at radius 1 is 1.30 bits per heavy atom. The van der Waals surface area contributed by atoms with Gasteiger partial charge in [0.15, 0.2) is 11.5 Å². The number of methoxy groups -OCH3 is 2. The summed E-state index contributed by atoms with van der Waals surface area (Å²) >= 11 is 6.59. The van der Waals surface area contributed by atoms with Gasteiger partial charge in [-0.1, -0.05) is 11.6 Å². The first-order chi connectivity index (χ1) is 11.0. The predicted octanol–water partition coefficient (Wildman–Crippen LogP) is 4.43. The summed E-state index contributed by atoms with van der Waals surface area (Å²) in [6.45, 7) is 6.20. The van der Waals surface area contributed by atoms with Crippen LogP contribution in [0.1, 0.15) is 35.3 Å². The number of halogens is 1. The van der Waals surface area contributed by atoms with Crippen LogP contribution in [0.25, 0.3) is 11.3 Å². The van der Waals surface area contributed by atoms with Crippen molar-refractivity contribution < 1.29 is 9.47 Å². The number of benzene rings is 1. The van der Waals surface area contributed by atoms with E-state index in [0.717, 1.165) is 34.5 Å². The molecule has 0 aliphatic carbocycles. The second kappa shape index (κ2) is 5.50. The topological polar surface area (TPSA) is 47.2 Å². The van der Waals surface area contributed by atoms with Crippen molar-refractivity contribution in [3.63, 3.8) is 0 Å². The van der Waals surface area contributed by atoms with Gasteiger partial charge in [-0.15, -0.1) is 0 Å². The first-order valence-corrected chi connectivity index (χ1v) is 7.89. The van der Waals surface area contributed by atoms with Gasteiger partial charge >= 0.3 is 0 Å². The third-order valence-electron chi connectivity index (χ3n) is 4.78. The minimum atomic E-state index is 0.230. The van der Waals surface area contributed by atoms with Gasteiger partial charge in [0.1, 0.15) is 6.07 Å². The normalized spacial score (nSPS) is 15.6. The minimum Gasteiger partial charge on any atom is -0.493 e. The van der Waals surface area contributed by atoms with Gasteiger partial charge in [-0.3, -0.25) is 0 Å². The summed E-state index contributed by atoms with van der Waals surface area (Å²) < 4.78 is 13.1. The zero-order chi connectivity index (χ0) is 16.9. The second-order valence-corrected chi connectivity index (χ2v) is 6.30. The number of aromatic nitrogens is 1. The number of hydrogen-bond donors (Lipinski definition) is 0. The fourth-order valence-corrected chi connectivity index (χ4v) is 3.92. The summed E-state index contributed by atoms with van der Waals surface area (Å²) in [4.78, 5) is 0. The number of fused-ring (bicyclic) bond motifs is 3. The molecule has 4 nitrogen and oxygen atoms in total. The van der Waals surface area contributed by atoms with E-state index in [2.05, 4.69) is 24.5 Å². The highest BCUT2D eigenvalue weighted by atomic mass is 35.5. The van der Waals surface area contributed by atoms with Gasteiger partial charge in [-0.05, 0) is 44.4 Å². The van der Waals surface area contributed by atoms with Gasteiger partial charge in [0.25, 0.3) is 0 Å². The Morgan fingerprint density at radius 2 is 2.00 bits per heavy atom. The van der Waals surface area contributed by atoms with Crippen molar-refractivity contribution in [2.24, 2.45) is 0 Å². The molecule has 0 radical (unpaired) electrons. The lowest BCUT2D eigenvalue weighted by Crippen LogP contribution is -2.18. The Bertz CT molecular complexity index is 846. The van der Waals surface area contributed by atoms with Gasteiger partial charge in [0.05, 0.1) is 30.5 Å². The molecule has 5 heteroatoms. The number of nitrogens with zero attached hydrogens (tertiary/aromatic N) is 2. The van der Waals surface area contributed by atoms with Crippen LogP contribution in [0.5, 0.6) is 11.5 Å². The van der Waals surface area contributed by atoms with E-state index in [9.17, 15) is 5.26 Å². The molecule has 0 amide bonds. The Balaban J connectivity index is 2.43. The third-order valence-corrected chi connectivity index (χ3v) is 5.18. The molecule has 0 saturated heterocycles. The summed E-state index contributed by atoms with van der Waals surface area (Å²) in [7, 11) is 3.17. The maximum Gasteiger partial charge on any atom is 0.179 e. The maximum atomic E-state index is 9.64. The van der Waals surface area contributed by atoms with Crippen molar-refractivity contribution in [2.45, 2.75) is 33.2 Å². The first kappa shape index (κ1) is 15.8. The first-order valence-electron chi connectivity index (χ1n) is 7.51. The Morgan fingerprint density at radius 3 is 2.57 bits per heavy atom. The molecule has 1 atom stereocenters. The van der Waals surface area contributed by atoms with E-state index in [-0.39, 0.29) is 6.04 Å². The van der Waals surface area contributed by atoms with E-state index in [4.69, 9.17) is 21.1 Å². The minimum absolute atomic E-state index is 0.230. The molecule has 2 aromatic rings. The SMILES string of the molecule is COc1cc2c(c(Cl)c1OC)CC(C)n1c(C)c(C)c(C#N)c1-2. The van der Waals surface area contributed by atoms with E-state index in [1.54, 1.807) is 14.2 Å². The number of ether oxygens (including phenoxy) is 2. The van der Waals surface area contributed by atoms with Crippen molar-refractivity contribution in [3.05, 3.63) is 33.5 Å². The van der Waals surface area contributed by atoms with Crippen LogP contribution >= 0.6 is 11.6 Å². The average molecular weight is 331 g/mol. The number of nitriles is 1. The van der Waals surface area contributed by atoms with Crippen molar-refractivity contribution in [3.8, 4) is 28.8 Å². The van der Waals surface area contributed by atoms with Crippen molar-refractivity contribution in [1.29, 1.82) is 5.26 Å². The summed E-state index contributed by atoms with van der Waals surface area (Å²) in [5, 5.41) is 10.2. The maximum absolute atomic E-state index is 9.64. The number of hydrogen-bond acceptors (Lipinski definition) is 3. The van der Waals surface area contributed by atoms with E-state index < -0.39 is 0 Å². The molecule has 0 N–H and O–H groups in total. The lowest BCUT2D eigenvalue weighted by atomic mass is 9.92. The highest BCUT2D eigenvalue weighted by Crippen LogP contribution is 2.49. The Kier molecular flexibility index (Phi) is 3.77. The molecule has 120 valence electrons. The van der Waals surface area contributed by atoms with E-state index >= 15 is 0 Å². The molecule has 1 aliphatic rings. The van der Waals surface area contributed by atoms with Crippen LogP contribution in [0.15, 0.2) is 6.07 Å². The highest BCUT2D eigenvalue weighted by molar-refractivity contribution is 6.33. The molecule has 0 saturated carbocycles. The fourth-order valence-electron chi connectivity index (χ4n) is 3.57. The van der Waals surface area contributed by atoms with Gasteiger partial charge in [-0.2, -0.15) is 5.26 Å². The number of rotatable bonds is 2. The molecule has 1 unspecified atom stereocenters. The zero-order valence-corrected chi connectivity index (χ0v) is 14.7. The molecular formula is C18H19ClN2O2. The molecule has 0 bridgehead atoms. The second-order valence-electron chi connectivity index (χ2n) is 5.92. The van der Waals surface area contributed by atoms with E-state index in [1.807, 2.05) is 13.0 Å². The van der Waals surface area contributed by atoms with E-state index in [1.165, 1.54) is 0 Å². The van der Waals surface area contributed by atoms with Crippen LogP contribution in [0.4, 0.5) is 0 Å². The summed E-state index contributed by atoms with van der Waals surface area (Å²) in [6, 6.07) is 4.51. The van der Waals surface area contributed by atoms with Gasteiger partial charge < -0.3 is 14.0 Å². The van der Waals surface area contributed by atoms with Gasteiger partial charge in [0.2, 0.25) is 0 Å². The smallest absolute Gasteiger partial charge is 0.179 e. The Hall–Kier alpha value is -2.12. The van der Waals surface area contributed by atoms with Crippen LogP contribution < -0.4 is 9.47 Å². The molecule has 1 aliphatic heterocycles. The van der Waals surface area contributed by atoms with Crippen LogP contribution in [0.2, 0.25) is 5.02 Å². The third kappa shape index (κ3) is 2.04. The van der Waals surface area contributed by atoms with Gasteiger partial charge in [0, 0.05) is 17.3 Å². The van der Waals surface area contributed by atoms with Crippen molar-refractivity contribution >= 4 is 11.6 Å². The van der Waals surface area contributed by atoms with Crippen molar-refractivity contribution in [1.82, 2.24) is 4.57 Å². The quantitative estimate of drug-likeness (QED) is 0.818.